The monoisotopic (exact) mass is 908 g/mol. The van der Waals surface area contributed by atoms with Crippen LogP contribution in [0.25, 0.3) is 66.8 Å². The van der Waals surface area contributed by atoms with Crippen LogP contribution in [0.2, 0.25) is 0 Å². The highest BCUT2D eigenvalue weighted by Gasteiger charge is 2.44. The lowest BCUT2D eigenvalue weighted by Gasteiger charge is -2.36. The first-order valence-corrected chi connectivity index (χ1v) is 26.2. The van der Waals surface area contributed by atoms with E-state index in [-0.39, 0.29) is 0 Å². The number of hydrogen-bond acceptors (Lipinski definition) is 3. The number of carbonyl (C=O) groups excluding carboxylic acids is 1. The van der Waals surface area contributed by atoms with E-state index in [4.69, 9.17) is 4.43 Å². The molecule has 0 aliphatic rings. The van der Waals surface area contributed by atoms with E-state index in [0.717, 1.165) is 83.5 Å². The molecule has 0 aromatic heterocycles. The Morgan fingerprint density at radius 3 is 0.768 bits per heavy atom. The molecule has 0 saturated carbocycles. The predicted octanol–water partition coefficient (Wildman–Crippen LogP) is 15.6. The summed E-state index contributed by atoms with van der Waals surface area (Å²) in [6.45, 7) is 0. The average Bonchev–Trinajstić information content (AvgIpc) is 3.42. The van der Waals surface area contributed by atoms with E-state index < -0.39 is 20.4 Å². The zero-order chi connectivity index (χ0) is 46.8. The van der Waals surface area contributed by atoms with E-state index in [2.05, 4.69) is 200 Å². The standard InChI is InChI=1S/C65H52O3Si/c66-64(54-37-20-7-21-38-54)65(67)68-69(45-61-55(48-25-8-1-9-26-48)39-22-40-56(61)49-27-10-2-11-28-49,46-62-57(50-29-12-3-13-30-50)41-23-42-58(62)51-31-14-4-15-32-51)47-63-59(52-33-16-5-17-34-52)43-24-44-60(63)53-35-18-6-19-36-53/h1-44,64,66H,45-47H2. The smallest absolute Gasteiger partial charge is 0.326 e. The molecule has 10 aromatic carbocycles. The first-order valence-electron chi connectivity index (χ1n) is 23.7. The molecule has 69 heavy (non-hydrogen) atoms. The van der Waals surface area contributed by atoms with Gasteiger partial charge in [0, 0.05) is 18.1 Å². The van der Waals surface area contributed by atoms with Crippen LogP contribution in [0.4, 0.5) is 0 Å². The number of rotatable bonds is 15. The Balaban J connectivity index is 1.31. The Morgan fingerprint density at radius 2 is 0.536 bits per heavy atom. The summed E-state index contributed by atoms with van der Waals surface area (Å²) < 4.78 is 7.56. The number of benzene rings is 10. The summed E-state index contributed by atoms with van der Waals surface area (Å²) in [5, 5.41) is 12.2. The minimum Gasteiger partial charge on any atom is -0.516 e. The zero-order valence-corrected chi connectivity index (χ0v) is 39.4. The van der Waals surface area contributed by atoms with Crippen LogP contribution in [0, 0.1) is 0 Å². The van der Waals surface area contributed by atoms with Gasteiger partial charge in [0.1, 0.15) is 0 Å². The van der Waals surface area contributed by atoms with Crippen molar-refractivity contribution in [1.29, 1.82) is 0 Å². The summed E-state index contributed by atoms with van der Waals surface area (Å²) in [6.07, 6.45) is -1.51. The molecule has 1 unspecified atom stereocenters. The molecule has 4 heteroatoms. The van der Waals surface area contributed by atoms with E-state index in [9.17, 15) is 5.11 Å². The number of carbonyl (C=O) groups is 1. The molecule has 3 nitrogen and oxygen atoms in total. The molecule has 0 aliphatic carbocycles. The number of aliphatic hydroxyl groups is 1. The normalized spacial score (nSPS) is 11.7. The third-order valence-electron chi connectivity index (χ3n) is 13.2. The van der Waals surface area contributed by atoms with Crippen molar-refractivity contribution in [3.8, 4) is 66.8 Å². The van der Waals surface area contributed by atoms with Gasteiger partial charge in [-0.1, -0.05) is 267 Å². The molecule has 1 N–H and O–H groups in total. The second-order valence-electron chi connectivity index (χ2n) is 17.6. The lowest BCUT2D eigenvalue weighted by molar-refractivity contribution is -0.145. The maximum absolute atomic E-state index is 15.4. The van der Waals surface area contributed by atoms with Crippen molar-refractivity contribution in [3.63, 3.8) is 0 Å². The molecule has 334 valence electrons. The molecule has 0 spiro atoms. The van der Waals surface area contributed by atoms with Gasteiger partial charge < -0.3 is 9.53 Å². The molecular weight excluding hydrogens is 857 g/mol. The minimum absolute atomic E-state index is 0.435. The average molecular weight is 909 g/mol. The second kappa shape index (κ2) is 20.8. The maximum Gasteiger partial charge on any atom is 0.326 e. The van der Waals surface area contributed by atoms with Crippen LogP contribution < -0.4 is 0 Å². The highest BCUT2D eigenvalue weighted by Crippen LogP contribution is 2.43. The SMILES string of the molecule is O=C(O[Si](Cc1c(-c2ccccc2)cccc1-c1ccccc1)(Cc1c(-c2ccccc2)cccc1-c1ccccc1)Cc1c(-c2ccccc2)cccc1-c1ccccc1)C(O)c1ccccc1. The predicted molar refractivity (Wildman–Crippen MR) is 286 cm³/mol. The van der Waals surface area contributed by atoms with Crippen molar-refractivity contribution >= 4 is 14.3 Å². The molecule has 0 radical (unpaired) electrons. The van der Waals surface area contributed by atoms with Crippen LogP contribution in [-0.4, -0.2) is 19.4 Å². The lowest BCUT2D eigenvalue weighted by Crippen LogP contribution is -2.50. The van der Waals surface area contributed by atoms with Crippen molar-refractivity contribution in [2.24, 2.45) is 0 Å². The Bertz CT molecular complexity index is 2790. The quantitative estimate of drug-likeness (QED) is 0.104. The molecule has 0 heterocycles. The number of aliphatic hydroxyl groups excluding tert-OH is 1. The van der Waals surface area contributed by atoms with Crippen LogP contribution in [-0.2, 0) is 27.4 Å². The molecule has 0 aliphatic heterocycles. The van der Waals surface area contributed by atoms with Gasteiger partial charge >= 0.3 is 5.97 Å². The van der Waals surface area contributed by atoms with Gasteiger partial charge in [-0.15, -0.1) is 0 Å². The van der Waals surface area contributed by atoms with E-state index in [0.29, 0.717) is 23.7 Å². The van der Waals surface area contributed by atoms with Crippen molar-refractivity contribution in [2.45, 2.75) is 24.2 Å². The summed E-state index contributed by atoms with van der Waals surface area (Å²) in [6, 6.07) is 93.4. The fraction of sp³-hybridized carbons (Fsp3) is 0.0615. The minimum atomic E-state index is -3.77. The molecule has 0 bridgehead atoms. The van der Waals surface area contributed by atoms with Gasteiger partial charge in [-0.25, -0.2) is 0 Å². The van der Waals surface area contributed by atoms with Gasteiger partial charge in [-0.05, 0) is 89.0 Å². The van der Waals surface area contributed by atoms with Crippen LogP contribution >= 0.6 is 0 Å². The first kappa shape index (κ1) is 44.7. The van der Waals surface area contributed by atoms with Crippen molar-refractivity contribution in [3.05, 3.63) is 289 Å². The maximum atomic E-state index is 15.4. The van der Waals surface area contributed by atoms with Crippen LogP contribution in [0.15, 0.2) is 267 Å². The highest BCUT2D eigenvalue weighted by atomic mass is 28.4. The lowest BCUT2D eigenvalue weighted by atomic mass is 9.92. The van der Waals surface area contributed by atoms with Crippen molar-refractivity contribution in [1.82, 2.24) is 0 Å². The first-order chi connectivity index (χ1) is 34.0. The van der Waals surface area contributed by atoms with Crippen LogP contribution in [0.5, 0.6) is 0 Å². The van der Waals surface area contributed by atoms with E-state index in [1.54, 1.807) is 12.1 Å². The van der Waals surface area contributed by atoms with Gasteiger partial charge in [0.15, 0.2) is 6.10 Å². The molecule has 0 fully saturated rings. The molecule has 10 rings (SSSR count). The van der Waals surface area contributed by atoms with Gasteiger partial charge in [-0.3, -0.25) is 4.79 Å². The summed E-state index contributed by atoms with van der Waals surface area (Å²) in [7, 11) is -3.77. The molecule has 0 amide bonds. The molecule has 10 aromatic rings. The van der Waals surface area contributed by atoms with Crippen LogP contribution in [0.1, 0.15) is 28.4 Å². The second-order valence-corrected chi connectivity index (χ2v) is 21.3. The topological polar surface area (TPSA) is 46.5 Å². The summed E-state index contributed by atoms with van der Waals surface area (Å²) in [5.41, 5.74) is 16.7. The van der Waals surface area contributed by atoms with Gasteiger partial charge in [-0.2, -0.15) is 0 Å². The third-order valence-corrected chi connectivity index (χ3v) is 16.8. The fourth-order valence-corrected chi connectivity index (χ4v) is 14.2. The Hall–Kier alpha value is -8.15. The molecular formula is C65H52O3Si. The van der Waals surface area contributed by atoms with E-state index in [1.165, 1.54) is 0 Å². The van der Waals surface area contributed by atoms with Crippen molar-refractivity contribution < 1.29 is 14.3 Å². The molecule has 0 saturated heterocycles. The van der Waals surface area contributed by atoms with E-state index >= 15 is 4.79 Å². The molecule has 1 atom stereocenters. The summed E-state index contributed by atoms with van der Waals surface area (Å²) in [4.78, 5) is 15.4. The Labute approximate surface area is 406 Å². The van der Waals surface area contributed by atoms with Gasteiger partial charge in [0.05, 0.1) is 0 Å². The van der Waals surface area contributed by atoms with Gasteiger partial charge in [0.25, 0.3) is 8.32 Å². The van der Waals surface area contributed by atoms with Crippen LogP contribution in [0.3, 0.4) is 0 Å². The van der Waals surface area contributed by atoms with E-state index in [1.807, 2.05) is 54.6 Å². The summed E-state index contributed by atoms with van der Waals surface area (Å²) in [5.74, 6) is -0.650. The third kappa shape index (κ3) is 9.95. The van der Waals surface area contributed by atoms with Crippen molar-refractivity contribution in [2.75, 3.05) is 0 Å². The fourth-order valence-electron chi connectivity index (χ4n) is 9.96. The zero-order valence-electron chi connectivity index (χ0n) is 38.4. The highest BCUT2D eigenvalue weighted by molar-refractivity contribution is 6.74. The van der Waals surface area contributed by atoms with Gasteiger partial charge in [0.2, 0.25) is 0 Å². The summed E-state index contributed by atoms with van der Waals surface area (Å²) >= 11 is 0. The Kier molecular flexibility index (Phi) is 13.5. The number of hydrogen-bond donors (Lipinski definition) is 1. The largest absolute Gasteiger partial charge is 0.516 e. The Morgan fingerprint density at radius 1 is 0.319 bits per heavy atom.